The van der Waals surface area contributed by atoms with Crippen LogP contribution in [0.1, 0.15) is 17.5 Å². The van der Waals surface area contributed by atoms with Gasteiger partial charge in [0, 0.05) is 4.90 Å². The van der Waals surface area contributed by atoms with E-state index in [0.717, 1.165) is 18.6 Å². The molecule has 96 valence electrons. The van der Waals surface area contributed by atoms with Gasteiger partial charge in [0.25, 0.3) is 0 Å². The lowest BCUT2D eigenvalue weighted by Gasteiger charge is -2.17. The number of thioether (sulfide) groups is 1. The lowest BCUT2D eigenvalue weighted by Crippen LogP contribution is -1.98. The zero-order chi connectivity index (χ0) is 13.1. The van der Waals surface area contributed by atoms with Crippen LogP contribution in [0, 0.1) is 0 Å². The van der Waals surface area contributed by atoms with E-state index >= 15 is 0 Å². The van der Waals surface area contributed by atoms with Crippen LogP contribution in [-0.4, -0.2) is 7.11 Å². The Balaban J connectivity index is 1.83. The number of rotatable bonds is 3. The summed E-state index contributed by atoms with van der Waals surface area (Å²) < 4.78 is 5.28. The van der Waals surface area contributed by atoms with Gasteiger partial charge in [-0.3, -0.25) is 0 Å². The molecule has 0 aromatic heterocycles. The Kier molecular flexibility index (Phi) is 3.60. The Morgan fingerprint density at radius 1 is 1.00 bits per heavy atom. The second-order valence-corrected chi connectivity index (χ2v) is 5.79. The fourth-order valence-electron chi connectivity index (χ4n) is 2.29. The van der Waals surface area contributed by atoms with Crippen molar-refractivity contribution < 1.29 is 4.74 Å². The Hall–Kier alpha value is -1.67. The highest BCUT2D eigenvalue weighted by Gasteiger charge is 2.12. The SMILES string of the molecule is COc1ccc2c(c1)CCC(Sc1ccccc1)=C2. The van der Waals surface area contributed by atoms with Crippen molar-refractivity contribution in [3.05, 3.63) is 64.6 Å². The van der Waals surface area contributed by atoms with Crippen molar-refractivity contribution in [3.8, 4) is 5.75 Å². The van der Waals surface area contributed by atoms with E-state index in [0.29, 0.717) is 0 Å². The predicted octanol–water partition coefficient (Wildman–Crippen LogP) is 4.77. The normalized spacial score (nSPS) is 13.6. The molecular formula is C17H16OS. The average Bonchev–Trinajstić information content (AvgIpc) is 2.48. The molecule has 0 heterocycles. The van der Waals surface area contributed by atoms with Crippen LogP contribution in [0.5, 0.6) is 5.75 Å². The summed E-state index contributed by atoms with van der Waals surface area (Å²) >= 11 is 1.87. The van der Waals surface area contributed by atoms with Crippen molar-refractivity contribution in [2.45, 2.75) is 17.7 Å². The molecule has 0 spiro atoms. The molecule has 0 amide bonds. The van der Waals surface area contributed by atoms with Crippen LogP contribution in [0.25, 0.3) is 6.08 Å². The van der Waals surface area contributed by atoms with Gasteiger partial charge in [-0.2, -0.15) is 0 Å². The minimum absolute atomic E-state index is 0.950. The minimum Gasteiger partial charge on any atom is -0.497 e. The monoisotopic (exact) mass is 268 g/mol. The molecule has 1 aliphatic rings. The number of hydrogen-bond acceptors (Lipinski definition) is 2. The third-order valence-corrected chi connectivity index (χ3v) is 4.39. The van der Waals surface area contributed by atoms with Gasteiger partial charge in [-0.05, 0) is 59.2 Å². The van der Waals surface area contributed by atoms with E-state index < -0.39 is 0 Å². The molecule has 0 N–H and O–H groups in total. The van der Waals surface area contributed by atoms with Crippen molar-refractivity contribution in [1.82, 2.24) is 0 Å². The van der Waals surface area contributed by atoms with Crippen molar-refractivity contribution in [3.63, 3.8) is 0 Å². The van der Waals surface area contributed by atoms with E-state index in [-0.39, 0.29) is 0 Å². The summed E-state index contributed by atoms with van der Waals surface area (Å²) in [5, 5.41) is 0. The van der Waals surface area contributed by atoms with Crippen molar-refractivity contribution in [1.29, 1.82) is 0 Å². The highest BCUT2D eigenvalue weighted by Crippen LogP contribution is 2.36. The Bertz CT molecular complexity index is 602. The maximum absolute atomic E-state index is 5.28. The molecule has 0 aliphatic heterocycles. The van der Waals surface area contributed by atoms with Gasteiger partial charge in [0.2, 0.25) is 0 Å². The molecule has 0 bridgehead atoms. The summed E-state index contributed by atoms with van der Waals surface area (Å²) in [5.41, 5.74) is 2.71. The number of aryl methyl sites for hydroxylation is 1. The fourth-order valence-corrected chi connectivity index (χ4v) is 3.28. The second-order valence-electron chi connectivity index (χ2n) is 4.59. The third kappa shape index (κ3) is 2.85. The number of benzene rings is 2. The summed E-state index contributed by atoms with van der Waals surface area (Å²) in [6, 6.07) is 16.9. The van der Waals surface area contributed by atoms with E-state index in [1.165, 1.54) is 20.9 Å². The van der Waals surface area contributed by atoms with E-state index in [9.17, 15) is 0 Å². The number of methoxy groups -OCH3 is 1. The summed E-state index contributed by atoms with van der Waals surface area (Å²) in [6.07, 6.45) is 4.51. The minimum atomic E-state index is 0.950. The molecule has 3 rings (SSSR count). The van der Waals surface area contributed by atoms with Gasteiger partial charge in [0.05, 0.1) is 7.11 Å². The largest absolute Gasteiger partial charge is 0.497 e. The molecule has 1 aliphatic carbocycles. The molecule has 0 fully saturated rings. The van der Waals surface area contributed by atoms with E-state index in [1.54, 1.807) is 7.11 Å². The van der Waals surface area contributed by atoms with Crippen LogP contribution in [0.15, 0.2) is 58.3 Å². The number of hydrogen-bond donors (Lipinski definition) is 0. The van der Waals surface area contributed by atoms with Gasteiger partial charge in [0.1, 0.15) is 5.75 Å². The van der Waals surface area contributed by atoms with E-state index in [2.05, 4.69) is 48.5 Å². The molecular weight excluding hydrogens is 252 g/mol. The first-order valence-electron chi connectivity index (χ1n) is 6.45. The average molecular weight is 268 g/mol. The maximum atomic E-state index is 5.28. The topological polar surface area (TPSA) is 9.23 Å². The summed E-state index contributed by atoms with van der Waals surface area (Å²) in [7, 11) is 1.72. The van der Waals surface area contributed by atoms with Crippen molar-refractivity contribution >= 4 is 17.8 Å². The zero-order valence-electron chi connectivity index (χ0n) is 10.9. The molecule has 0 radical (unpaired) electrons. The zero-order valence-corrected chi connectivity index (χ0v) is 11.7. The van der Waals surface area contributed by atoms with Gasteiger partial charge in [-0.25, -0.2) is 0 Å². The summed E-state index contributed by atoms with van der Waals surface area (Å²) in [5.74, 6) is 0.950. The highest BCUT2D eigenvalue weighted by molar-refractivity contribution is 8.03. The van der Waals surface area contributed by atoms with Gasteiger partial charge in [0.15, 0.2) is 0 Å². The Labute approximate surface area is 118 Å². The van der Waals surface area contributed by atoms with E-state index in [1.807, 2.05) is 17.8 Å². The number of fused-ring (bicyclic) bond motifs is 1. The van der Waals surface area contributed by atoms with Crippen molar-refractivity contribution in [2.75, 3.05) is 7.11 Å². The second kappa shape index (κ2) is 5.54. The smallest absolute Gasteiger partial charge is 0.119 e. The lowest BCUT2D eigenvalue weighted by molar-refractivity contribution is 0.414. The molecule has 19 heavy (non-hydrogen) atoms. The van der Waals surface area contributed by atoms with Gasteiger partial charge in [-0.15, -0.1) is 0 Å². The quantitative estimate of drug-likeness (QED) is 0.792. The summed E-state index contributed by atoms with van der Waals surface area (Å²) in [4.78, 5) is 2.74. The van der Waals surface area contributed by atoms with Gasteiger partial charge < -0.3 is 4.74 Å². The molecule has 0 atom stereocenters. The Morgan fingerprint density at radius 2 is 1.84 bits per heavy atom. The first-order valence-corrected chi connectivity index (χ1v) is 7.27. The molecule has 2 aromatic carbocycles. The first-order chi connectivity index (χ1) is 9.35. The predicted molar refractivity (Wildman–Crippen MR) is 81.6 cm³/mol. The fraction of sp³-hybridized carbons (Fsp3) is 0.176. The van der Waals surface area contributed by atoms with Crippen LogP contribution in [0.3, 0.4) is 0 Å². The van der Waals surface area contributed by atoms with E-state index in [4.69, 9.17) is 4.74 Å². The third-order valence-electron chi connectivity index (χ3n) is 3.30. The van der Waals surface area contributed by atoms with Crippen LogP contribution in [0.2, 0.25) is 0 Å². The lowest BCUT2D eigenvalue weighted by atomic mass is 9.97. The maximum Gasteiger partial charge on any atom is 0.119 e. The Morgan fingerprint density at radius 3 is 2.63 bits per heavy atom. The standard InChI is InChI=1S/C17H16OS/c1-18-15-9-7-14-12-17(10-8-13(14)11-15)19-16-5-3-2-4-6-16/h2-7,9,11-12H,8,10H2,1H3. The molecule has 0 unspecified atom stereocenters. The molecule has 2 aromatic rings. The van der Waals surface area contributed by atoms with Crippen LogP contribution in [0.4, 0.5) is 0 Å². The van der Waals surface area contributed by atoms with Crippen LogP contribution >= 0.6 is 11.8 Å². The molecule has 2 heteroatoms. The summed E-state index contributed by atoms with van der Waals surface area (Å²) in [6.45, 7) is 0. The molecule has 0 saturated heterocycles. The molecule has 1 nitrogen and oxygen atoms in total. The highest BCUT2D eigenvalue weighted by atomic mass is 32.2. The number of ether oxygens (including phenoxy) is 1. The number of allylic oxidation sites excluding steroid dienone is 1. The van der Waals surface area contributed by atoms with Crippen molar-refractivity contribution in [2.24, 2.45) is 0 Å². The van der Waals surface area contributed by atoms with Gasteiger partial charge >= 0.3 is 0 Å². The molecule has 0 saturated carbocycles. The van der Waals surface area contributed by atoms with Gasteiger partial charge in [-0.1, -0.05) is 36.0 Å². The van der Waals surface area contributed by atoms with Crippen LogP contribution < -0.4 is 4.74 Å². The van der Waals surface area contributed by atoms with Crippen LogP contribution in [-0.2, 0) is 6.42 Å². The first kappa shape index (κ1) is 12.4.